The summed E-state index contributed by atoms with van der Waals surface area (Å²) in [4.78, 5) is 12.4. The molecule has 6 nitrogen and oxygen atoms in total. The molecule has 0 atom stereocenters. The van der Waals surface area contributed by atoms with Gasteiger partial charge in [0.15, 0.2) is 11.0 Å². The lowest BCUT2D eigenvalue weighted by molar-refractivity contribution is -0.118. The normalized spacial score (nSPS) is 11.1. The zero-order chi connectivity index (χ0) is 23.2. The molecule has 0 saturated carbocycles. The van der Waals surface area contributed by atoms with Crippen molar-refractivity contribution in [3.05, 3.63) is 93.4 Å². The number of hydrazone groups is 1. The molecule has 166 valence electrons. The van der Waals surface area contributed by atoms with Crippen molar-refractivity contribution in [3.8, 4) is 17.1 Å². The average Bonchev–Trinajstić information content (AvgIpc) is 3.24. The second-order valence-electron chi connectivity index (χ2n) is 6.70. The van der Waals surface area contributed by atoms with Gasteiger partial charge in [-0.3, -0.25) is 9.36 Å². The van der Waals surface area contributed by atoms with Gasteiger partial charge in [-0.1, -0.05) is 70.8 Å². The van der Waals surface area contributed by atoms with E-state index in [2.05, 4.69) is 20.7 Å². The SMILES string of the molecule is O=C(CSc1nnc(-c2ccc(Cl)cc2)n1-c1ccccc1)N/N=C\c1c(Cl)cccc1Cl. The van der Waals surface area contributed by atoms with Gasteiger partial charge < -0.3 is 0 Å². The second-order valence-corrected chi connectivity index (χ2v) is 8.89. The molecule has 0 bridgehead atoms. The molecular weight excluding hydrogens is 501 g/mol. The van der Waals surface area contributed by atoms with Gasteiger partial charge in [0, 0.05) is 21.8 Å². The molecule has 0 unspecified atom stereocenters. The van der Waals surface area contributed by atoms with Crippen molar-refractivity contribution in [2.75, 3.05) is 5.75 Å². The largest absolute Gasteiger partial charge is 0.272 e. The van der Waals surface area contributed by atoms with Crippen LogP contribution in [0, 0.1) is 0 Å². The number of nitrogens with one attached hydrogen (secondary N) is 1. The number of halogens is 3. The van der Waals surface area contributed by atoms with Crippen molar-refractivity contribution >= 4 is 58.7 Å². The Balaban J connectivity index is 1.50. The Morgan fingerprint density at radius 3 is 2.33 bits per heavy atom. The van der Waals surface area contributed by atoms with Crippen LogP contribution in [0.4, 0.5) is 0 Å². The maximum Gasteiger partial charge on any atom is 0.250 e. The number of benzene rings is 3. The zero-order valence-corrected chi connectivity index (χ0v) is 20.0. The fraction of sp³-hybridized carbons (Fsp3) is 0.0435. The van der Waals surface area contributed by atoms with Crippen LogP contribution in [-0.2, 0) is 4.79 Å². The molecule has 0 fully saturated rings. The van der Waals surface area contributed by atoms with Crippen LogP contribution < -0.4 is 5.43 Å². The number of hydrogen-bond donors (Lipinski definition) is 1. The first-order valence-electron chi connectivity index (χ1n) is 9.68. The van der Waals surface area contributed by atoms with Crippen LogP contribution >= 0.6 is 46.6 Å². The molecule has 1 heterocycles. The first-order chi connectivity index (χ1) is 16.0. The summed E-state index contributed by atoms with van der Waals surface area (Å²) < 4.78 is 1.90. The predicted molar refractivity (Wildman–Crippen MR) is 135 cm³/mol. The van der Waals surface area contributed by atoms with E-state index in [1.165, 1.54) is 18.0 Å². The smallest absolute Gasteiger partial charge is 0.250 e. The first-order valence-corrected chi connectivity index (χ1v) is 11.8. The molecule has 3 aromatic carbocycles. The third-order valence-electron chi connectivity index (χ3n) is 4.47. The van der Waals surface area contributed by atoms with E-state index < -0.39 is 0 Å². The molecule has 4 rings (SSSR count). The summed E-state index contributed by atoms with van der Waals surface area (Å²) >= 11 is 19.5. The van der Waals surface area contributed by atoms with E-state index in [1.807, 2.05) is 47.0 Å². The number of carbonyl (C=O) groups is 1. The minimum absolute atomic E-state index is 0.0825. The van der Waals surface area contributed by atoms with Crippen LogP contribution in [0.2, 0.25) is 15.1 Å². The molecule has 4 aromatic rings. The highest BCUT2D eigenvalue weighted by molar-refractivity contribution is 7.99. The summed E-state index contributed by atoms with van der Waals surface area (Å²) in [5.41, 5.74) is 4.74. The van der Waals surface area contributed by atoms with E-state index in [-0.39, 0.29) is 11.7 Å². The Bertz CT molecular complexity index is 1270. The summed E-state index contributed by atoms with van der Waals surface area (Å²) in [6.45, 7) is 0. The van der Waals surface area contributed by atoms with Crippen molar-refractivity contribution in [1.29, 1.82) is 0 Å². The average molecular weight is 517 g/mol. The predicted octanol–water partition coefficient (Wildman–Crippen LogP) is 6.14. The summed E-state index contributed by atoms with van der Waals surface area (Å²) in [5.74, 6) is 0.418. The van der Waals surface area contributed by atoms with Crippen LogP contribution in [0.5, 0.6) is 0 Å². The summed E-state index contributed by atoms with van der Waals surface area (Å²) in [7, 11) is 0. The van der Waals surface area contributed by atoms with Crippen molar-refractivity contribution in [2.24, 2.45) is 5.10 Å². The summed E-state index contributed by atoms with van der Waals surface area (Å²) in [6, 6.07) is 22.2. The third kappa shape index (κ3) is 5.75. The fourth-order valence-electron chi connectivity index (χ4n) is 2.92. The van der Waals surface area contributed by atoms with Gasteiger partial charge in [0.25, 0.3) is 5.91 Å². The Hall–Kier alpha value is -2.84. The first kappa shape index (κ1) is 23.3. The Kier molecular flexibility index (Phi) is 7.67. The number of amides is 1. The molecular formula is C23H16Cl3N5OS. The Morgan fingerprint density at radius 2 is 1.64 bits per heavy atom. The highest BCUT2D eigenvalue weighted by atomic mass is 35.5. The molecule has 10 heteroatoms. The molecule has 0 saturated heterocycles. The molecule has 1 aromatic heterocycles. The number of hydrogen-bond acceptors (Lipinski definition) is 5. The zero-order valence-electron chi connectivity index (χ0n) is 17.0. The van der Waals surface area contributed by atoms with E-state index >= 15 is 0 Å². The van der Waals surface area contributed by atoms with Crippen LogP contribution in [0.1, 0.15) is 5.56 Å². The van der Waals surface area contributed by atoms with Crippen LogP contribution in [-0.4, -0.2) is 32.6 Å². The lowest BCUT2D eigenvalue weighted by Gasteiger charge is -2.10. The maximum atomic E-state index is 12.4. The Morgan fingerprint density at radius 1 is 0.939 bits per heavy atom. The van der Waals surface area contributed by atoms with Crippen molar-refractivity contribution < 1.29 is 4.79 Å². The number of nitrogens with zero attached hydrogens (tertiary/aromatic N) is 4. The highest BCUT2D eigenvalue weighted by Gasteiger charge is 2.17. The number of para-hydroxylation sites is 1. The molecule has 0 radical (unpaired) electrons. The van der Waals surface area contributed by atoms with E-state index in [4.69, 9.17) is 34.8 Å². The molecule has 1 N–H and O–H groups in total. The van der Waals surface area contributed by atoms with E-state index in [1.54, 1.807) is 30.3 Å². The summed E-state index contributed by atoms with van der Waals surface area (Å²) in [6.07, 6.45) is 1.42. The van der Waals surface area contributed by atoms with Gasteiger partial charge in [-0.25, -0.2) is 5.43 Å². The van der Waals surface area contributed by atoms with E-state index in [9.17, 15) is 4.79 Å². The lowest BCUT2D eigenvalue weighted by Crippen LogP contribution is -2.20. The fourth-order valence-corrected chi connectivity index (χ4v) is 4.29. The van der Waals surface area contributed by atoms with Crippen LogP contribution in [0.25, 0.3) is 17.1 Å². The lowest BCUT2D eigenvalue weighted by atomic mass is 10.2. The van der Waals surface area contributed by atoms with Gasteiger partial charge in [0.2, 0.25) is 0 Å². The van der Waals surface area contributed by atoms with Crippen LogP contribution in [0.15, 0.2) is 83.1 Å². The number of carbonyl (C=O) groups excluding carboxylic acids is 1. The highest BCUT2D eigenvalue weighted by Crippen LogP contribution is 2.28. The maximum absolute atomic E-state index is 12.4. The Labute approximate surface area is 209 Å². The number of thioether (sulfide) groups is 1. The minimum Gasteiger partial charge on any atom is -0.272 e. The van der Waals surface area contributed by atoms with Crippen molar-refractivity contribution in [1.82, 2.24) is 20.2 Å². The molecule has 0 aliphatic rings. The van der Waals surface area contributed by atoms with Gasteiger partial charge >= 0.3 is 0 Å². The van der Waals surface area contributed by atoms with Crippen LogP contribution in [0.3, 0.4) is 0 Å². The molecule has 0 spiro atoms. The van der Waals surface area contributed by atoms with Gasteiger partial charge in [-0.05, 0) is 48.5 Å². The monoisotopic (exact) mass is 515 g/mol. The number of rotatable bonds is 7. The third-order valence-corrected chi connectivity index (χ3v) is 6.31. The van der Waals surface area contributed by atoms with Gasteiger partial charge in [-0.2, -0.15) is 5.10 Å². The quantitative estimate of drug-likeness (QED) is 0.182. The van der Waals surface area contributed by atoms with Crippen molar-refractivity contribution in [3.63, 3.8) is 0 Å². The molecule has 33 heavy (non-hydrogen) atoms. The van der Waals surface area contributed by atoms with Crippen molar-refractivity contribution in [2.45, 2.75) is 5.16 Å². The molecule has 0 aliphatic heterocycles. The van der Waals surface area contributed by atoms with Gasteiger partial charge in [0.05, 0.1) is 22.0 Å². The second kappa shape index (κ2) is 10.9. The molecule has 0 aliphatic carbocycles. The molecule has 1 amide bonds. The topological polar surface area (TPSA) is 72.2 Å². The summed E-state index contributed by atoms with van der Waals surface area (Å²) in [5, 5.41) is 14.7. The van der Waals surface area contributed by atoms with Gasteiger partial charge in [0.1, 0.15) is 0 Å². The minimum atomic E-state index is -0.310. The standard InChI is InChI=1S/C23H16Cl3N5OS/c24-16-11-9-15(10-12-16)22-29-30-23(31(22)17-5-2-1-3-6-17)33-14-21(32)28-27-13-18-19(25)7-4-8-20(18)26/h1-13H,14H2,(H,28,32)/b27-13-. The van der Waals surface area contributed by atoms with E-state index in [0.29, 0.717) is 31.6 Å². The van der Waals surface area contributed by atoms with Gasteiger partial charge in [-0.15, -0.1) is 10.2 Å². The van der Waals surface area contributed by atoms with E-state index in [0.717, 1.165) is 11.3 Å². The number of aromatic nitrogens is 3.